The quantitative estimate of drug-likeness (QED) is 0.791. The van der Waals surface area contributed by atoms with Gasteiger partial charge in [0, 0.05) is 43.8 Å². The molecule has 118 valence electrons. The van der Waals surface area contributed by atoms with Gasteiger partial charge in [0.05, 0.1) is 0 Å². The molecule has 0 bridgehead atoms. The van der Waals surface area contributed by atoms with Crippen LogP contribution < -0.4 is 5.32 Å². The van der Waals surface area contributed by atoms with E-state index in [0.29, 0.717) is 36.9 Å². The lowest BCUT2D eigenvalue weighted by Gasteiger charge is -2.33. The van der Waals surface area contributed by atoms with Crippen molar-refractivity contribution in [3.63, 3.8) is 0 Å². The van der Waals surface area contributed by atoms with E-state index in [-0.39, 0.29) is 5.91 Å². The average Bonchev–Trinajstić information content (AvgIpc) is 2.50. The number of nitrogens with zero attached hydrogens (tertiary/aromatic N) is 2. The van der Waals surface area contributed by atoms with E-state index in [2.05, 4.69) is 5.32 Å². The molecular formula is C15H18ClN3O3. The molecule has 7 heteroatoms. The van der Waals surface area contributed by atoms with Crippen LogP contribution in [-0.2, 0) is 14.4 Å². The third-order valence-electron chi connectivity index (χ3n) is 3.65. The maximum atomic E-state index is 12.2. The SMILES string of the molecule is CC(=O)N1CCN(C(=O)C(=O)Nc2cc(Cl)ccc2C)CC1. The Bertz CT molecular complexity index is 610. The molecule has 0 unspecified atom stereocenters. The molecule has 1 aromatic carbocycles. The Morgan fingerprint density at radius 2 is 1.68 bits per heavy atom. The first-order valence-corrected chi connectivity index (χ1v) is 7.38. The second-order valence-corrected chi connectivity index (χ2v) is 5.65. The summed E-state index contributed by atoms with van der Waals surface area (Å²) in [6.07, 6.45) is 0. The van der Waals surface area contributed by atoms with Gasteiger partial charge in [-0.15, -0.1) is 0 Å². The Hall–Kier alpha value is -2.08. The van der Waals surface area contributed by atoms with Gasteiger partial charge in [-0.3, -0.25) is 14.4 Å². The van der Waals surface area contributed by atoms with Gasteiger partial charge in [0.1, 0.15) is 0 Å². The second-order valence-electron chi connectivity index (χ2n) is 5.21. The van der Waals surface area contributed by atoms with Crippen molar-refractivity contribution in [2.75, 3.05) is 31.5 Å². The van der Waals surface area contributed by atoms with Crippen LogP contribution in [0.15, 0.2) is 18.2 Å². The molecule has 22 heavy (non-hydrogen) atoms. The number of hydrogen-bond donors (Lipinski definition) is 1. The highest BCUT2D eigenvalue weighted by molar-refractivity contribution is 6.39. The lowest BCUT2D eigenvalue weighted by Crippen LogP contribution is -2.52. The van der Waals surface area contributed by atoms with Gasteiger partial charge in [-0.05, 0) is 24.6 Å². The summed E-state index contributed by atoms with van der Waals surface area (Å²) in [6.45, 7) is 4.93. The highest BCUT2D eigenvalue weighted by atomic mass is 35.5. The Morgan fingerprint density at radius 1 is 1.09 bits per heavy atom. The highest BCUT2D eigenvalue weighted by Crippen LogP contribution is 2.20. The third-order valence-corrected chi connectivity index (χ3v) is 3.89. The zero-order chi connectivity index (χ0) is 16.3. The zero-order valence-corrected chi connectivity index (χ0v) is 13.3. The lowest BCUT2D eigenvalue weighted by molar-refractivity contribution is -0.145. The van der Waals surface area contributed by atoms with E-state index >= 15 is 0 Å². The molecule has 0 radical (unpaired) electrons. The van der Waals surface area contributed by atoms with Crippen molar-refractivity contribution in [1.29, 1.82) is 0 Å². The Morgan fingerprint density at radius 3 is 2.27 bits per heavy atom. The second kappa shape index (κ2) is 6.79. The maximum absolute atomic E-state index is 12.2. The van der Waals surface area contributed by atoms with Crippen molar-refractivity contribution in [1.82, 2.24) is 9.80 Å². The normalized spacial score (nSPS) is 14.7. The van der Waals surface area contributed by atoms with Gasteiger partial charge in [-0.2, -0.15) is 0 Å². The number of aryl methyl sites for hydroxylation is 1. The molecule has 1 aromatic rings. The highest BCUT2D eigenvalue weighted by Gasteiger charge is 2.27. The van der Waals surface area contributed by atoms with Crippen LogP contribution in [0.2, 0.25) is 5.02 Å². The van der Waals surface area contributed by atoms with Crippen LogP contribution in [-0.4, -0.2) is 53.7 Å². The van der Waals surface area contributed by atoms with Crippen molar-refractivity contribution in [3.8, 4) is 0 Å². The van der Waals surface area contributed by atoms with Gasteiger partial charge in [0.15, 0.2) is 0 Å². The fourth-order valence-electron chi connectivity index (χ4n) is 2.27. The minimum atomic E-state index is -0.693. The number of hydrogen-bond acceptors (Lipinski definition) is 3. The molecule has 3 amide bonds. The molecule has 1 heterocycles. The first-order chi connectivity index (χ1) is 10.4. The summed E-state index contributed by atoms with van der Waals surface area (Å²) in [6, 6.07) is 5.10. The van der Waals surface area contributed by atoms with Crippen LogP contribution in [0.1, 0.15) is 12.5 Å². The summed E-state index contributed by atoms with van der Waals surface area (Å²) in [4.78, 5) is 38.6. The number of amides is 3. The van der Waals surface area contributed by atoms with Crippen LogP contribution in [0.25, 0.3) is 0 Å². The predicted molar refractivity (Wildman–Crippen MR) is 83.7 cm³/mol. The minimum Gasteiger partial charge on any atom is -0.339 e. The smallest absolute Gasteiger partial charge is 0.313 e. The molecule has 0 spiro atoms. The van der Waals surface area contributed by atoms with Gasteiger partial charge < -0.3 is 15.1 Å². The molecule has 0 aromatic heterocycles. The molecule has 1 aliphatic rings. The van der Waals surface area contributed by atoms with Crippen LogP contribution in [0.5, 0.6) is 0 Å². The number of benzene rings is 1. The van der Waals surface area contributed by atoms with E-state index in [4.69, 9.17) is 11.6 Å². The molecule has 1 aliphatic heterocycles. The molecule has 0 atom stereocenters. The van der Waals surface area contributed by atoms with Crippen molar-refractivity contribution in [2.24, 2.45) is 0 Å². The van der Waals surface area contributed by atoms with Gasteiger partial charge in [-0.1, -0.05) is 17.7 Å². The van der Waals surface area contributed by atoms with E-state index in [9.17, 15) is 14.4 Å². The van der Waals surface area contributed by atoms with Crippen LogP contribution in [0, 0.1) is 6.92 Å². The molecule has 2 rings (SSSR count). The third kappa shape index (κ3) is 3.76. The number of carbonyl (C=O) groups is 3. The summed E-state index contributed by atoms with van der Waals surface area (Å²) in [5.41, 5.74) is 1.35. The topological polar surface area (TPSA) is 69.7 Å². The number of carbonyl (C=O) groups excluding carboxylic acids is 3. The summed E-state index contributed by atoms with van der Waals surface area (Å²) in [5, 5.41) is 3.08. The van der Waals surface area contributed by atoms with E-state index in [1.165, 1.54) is 11.8 Å². The zero-order valence-electron chi connectivity index (χ0n) is 12.6. The van der Waals surface area contributed by atoms with Crippen LogP contribution in [0.4, 0.5) is 5.69 Å². The fraction of sp³-hybridized carbons (Fsp3) is 0.400. The van der Waals surface area contributed by atoms with Crippen molar-refractivity contribution < 1.29 is 14.4 Å². The molecule has 0 aliphatic carbocycles. The Labute approximate surface area is 134 Å². The van der Waals surface area contributed by atoms with Gasteiger partial charge in [-0.25, -0.2) is 0 Å². The Balaban J connectivity index is 1.97. The molecule has 6 nitrogen and oxygen atoms in total. The van der Waals surface area contributed by atoms with Gasteiger partial charge in [0.25, 0.3) is 0 Å². The minimum absolute atomic E-state index is 0.0221. The van der Waals surface area contributed by atoms with E-state index in [0.717, 1.165) is 5.56 Å². The average molecular weight is 324 g/mol. The number of nitrogens with one attached hydrogen (secondary N) is 1. The first-order valence-electron chi connectivity index (χ1n) is 7.00. The van der Waals surface area contributed by atoms with E-state index in [1.54, 1.807) is 23.1 Å². The number of anilines is 1. The van der Waals surface area contributed by atoms with E-state index in [1.807, 2.05) is 6.92 Å². The summed E-state index contributed by atoms with van der Waals surface area (Å²) >= 11 is 5.89. The van der Waals surface area contributed by atoms with Gasteiger partial charge in [0.2, 0.25) is 5.91 Å². The summed E-state index contributed by atoms with van der Waals surface area (Å²) in [7, 11) is 0. The lowest BCUT2D eigenvalue weighted by atomic mass is 10.2. The standard InChI is InChI=1S/C15H18ClN3O3/c1-10-3-4-12(16)9-13(10)17-14(21)15(22)19-7-5-18(6-8-19)11(2)20/h3-4,9H,5-8H2,1-2H3,(H,17,21). The summed E-state index contributed by atoms with van der Waals surface area (Å²) in [5.74, 6) is -1.31. The number of halogens is 1. The van der Waals surface area contributed by atoms with Crippen molar-refractivity contribution >= 4 is 35.0 Å². The monoisotopic (exact) mass is 323 g/mol. The van der Waals surface area contributed by atoms with Crippen molar-refractivity contribution in [2.45, 2.75) is 13.8 Å². The molecule has 1 fully saturated rings. The first kappa shape index (κ1) is 16.3. The largest absolute Gasteiger partial charge is 0.339 e. The molecule has 1 saturated heterocycles. The number of rotatable bonds is 1. The van der Waals surface area contributed by atoms with E-state index < -0.39 is 11.8 Å². The molecule has 0 saturated carbocycles. The van der Waals surface area contributed by atoms with Crippen molar-refractivity contribution in [3.05, 3.63) is 28.8 Å². The fourth-order valence-corrected chi connectivity index (χ4v) is 2.44. The van der Waals surface area contributed by atoms with Gasteiger partial charge >= 0.3 is 11.8 Å². The van der Waals surface area contributed by atoms with Crippen LogP contribution >= 0.6 is 11.6 Å². The predicted octanol–water partition coefficient (Wildman–Crippen LogP) is 1.28. The van der Waals surface area contributed by atoms with Crippen LogP contribution in [0.3, 0.4) is 0 Å². The summed E-state index contributed by atoms with van der Waals surface area (Å²) < 4.78 is 0. The number of piperazine rings is 1. The Kier molecular flexibility index (Phi) is 5.03. The molecule has 1 N–H and O–H groups in total. The molecular weight excluding hydrogens is 306 g/mol. The maximum Gasteiger partial charge on any atom is 0.313 e.